The van der Waals surface area contributed by atoms with E-state index in [1.807, 2.05) is 63.2 Å². The molecule has 0 aliphatic carbocycles. The predicted octanol–water partition coefficient (Wildman–Crippen LogP) is 7.07. The van der Waals surface area contributed by atoms with Crippen LogP contribution in [0.5, 0.6) is 5.75 Å². The van der Waals surface area contributed by atoms with Crippen LogP contribution in [-0.2, 0) is 9.16 Å². The molecule has 8 heteroatoms. The largest absolute Gasteiger partial charge is 0.491 e. The molecule has 0 atom stereocenters. The molecule has 7 nitrogen and oxygen atoms in total. The van der Waals surface area contributed by atoms with E-state index >= 15 is 0 Å². The fourth-order valence-corrected chi connectivity index (χ4v) is 4.21. The average molecular weight is 510 g/mol. The predicted molar refractivity (Wildman–Crippen MR) is 148 cm³/mol. The molecule has 3 rings (SSSR count). The van der Waals surface area contributed by atoms with Crippen molar-refractivity contribution in [2.45, 2.75) is 65.3 Å². The van der Waals surface area contributed by atoms with Gasteiger partial charge in [0.2, 0.25) is 0 Å². The molecule has 1 amide bonds. The maximum atomic E-state index is 12.3. The van der Waals surface area contributed by atoms with Crippen LogP contribution in [-0.4, -0.2) is 50.2 Å². The number of ether oxygens (including phenoxy) is 2. The number of hydrogen-bond acceptors (Lipinski definition) is 6. The summed E-state index contributed by atoms with van der Waals surface area (Å²) in [6, 6.07) is 13.3. The number of nitrogens with zero attached hydrogens (tertiary/aromatic N) is 3. The molecule has 0 radical (unpaired) electrons. The van der Waals surface area contributed by atoms with Crippen LogP contribution >= 0.6 is 0 Å². The van der Waals surface area contributed by atoms with E-state index in [0.717, 1.165) is 33.7 Å². The van der Waals surface area contributed by atoms with Crippen molar-refractivity contribution in [3.05, 3.63) is 48.7 Å². The first-order chi connectivity index (χ1) is 16.7. The third-order valence-electron chi connectivity index (χ3n) is 6.35. The monoisotopic (exact) mass is 509 g/mol. The van der Waals surface area contributed by atoms with Gasteiger partial charge in [0, 0.05) is 24.4 Å². The molecule has 0 unspecified atom stereocenters. The van der Waals surface area contributed by atoms with E-state index in [1.165, 1.54) is 4.90 Å². The number of rotatable bonds is 7. The lowest BCUT2D eigenvalue weighted by molar-refractivity contribution is 0.0589. The highest BCUT2D eigenvalue weighted by molar-refractivity contribution is 6.74. The smallest absolute Gasteiger partial charge is 0.414 e. The molecular weight excluding hydrogens is 470 g/mol. The third-order valence-corrected chi connectivity index (χ3v) is 10.9. The SMILES string of the molecule is CN(C(=O)OC(C)(C)C)c1ccc(-c2cnc3cc(OCCO[Si](C)(C)C(C)(C)C)ccc3n2)cc1. The Labute approximate surface area is 215 Å². The summed E-state index contributed by atoms with van der Waals surface area (Å²) in [5.74, 6) is 0.748. The highest BCUT2D eigenvalue weighted by Crippen LogP contribution is 2.36. The molecule has 194 valence electrons. The lowest BCUT2D eigenvalue weighted by atomic mass is 10.1. The van der Waals surface area contributed by atoms with Crippen molar-refractivity contribution in [2.75, 3.05) is 25.2 Å². The van der Waals surface area contributed by atoms with Crippen molar-refractivity contribution in [1.82, 2.24) is 9.97 Å². The summed E-state index contributed by atoms with van der Waals surface area (Å²) in [5.41, 5.74) is 3.41. The first kappa shape index (κ1) is 27.6. The van der Waals surface area contributed by atoms with Crippen molar-refractivity contribution in [2.24, 2.45) is 0 Å². The first-order valence-corrected chi connectivity index (χ1v) is 15.2. The van der Waals surface area contributed by atoms with Crippen LogP contribution in [0.4, 0.5) is 10.5 Å². The number of carbonyl (C=O) groups excluding carboxylic acids is 1. The molecule has 0 N–H and O–H groups in total. The Bertz CT molecular complexity index is 1200. The second-order valence-electron chi connectivity index (χ2n) is 11.4. The van der Waals surface area contributed by atoms with Gasteiger partial charge < -0.3 is 13.9 Å². The molecule has 0 aliphatic heterocycles. The fraction of sp³-hybridized carbons (Fsp3) is 0.464. The van der Waals surface area contributed by atoms with Crippen molar-refractivity contribution in [3.63, 3.8) is 0 Å². The number of benzene rings is 2. The Morgan fingerprint density at radius 1 is 0.944 bits per heavy atom. The minimum atomic E-state index is -1.78. The van der Waals surface area contributed by atoms with Gasteiger partial charge in [-0.2, -0.15) is 0 Å². The second kappa shape index (κ2) is 10.6. The summed E-state index contributed by atoms with van der Waals surface area (Å²) in [5, 5.41) is 0.178. The summed E-state index contributed by atoms with van der Waals surface area (Å²) >= 11 is 0. The molecule has 0 saturated heterocycles. The van der Waals surface area contributed by atoms with E-state index in [1.54, 1.807) is 13.2 Å². The molecule has 1 aromatic heterocycles. The molecule has 0 spiro atoms. The van der Waals surface area contributed by atoms with Crippen molar-refractivity contribution in [3.8, 4) is 17.0 Å². The molecule has 0 aliphatic rings. The van der Waals surface area contributed by atoms with Gasteiger partial charge in [-0.1, -0.05) is 32.9 Å². The summed E-state index contributed by atoms with van der Waals surface area (Å²) in [6.07, 6.45) is 1.35. The highest BCUT2D eigenvalue weighted by Gasteiger charge is 2.36. The Hall–Kier alpha value is -2.97. The molecule has 1 heterocycles. The number of fused-ring (bicyclic) bond motifs is 1. The van der Waals surface area contributed by atoms with Gasteiger partial charge in [-0.15, -0.1) is 0 Å². The topological polar surface area (TPSA) is 73.8 Å². The Balaban J connectivity index is 1.64. The average Bonchev–Trinajstić information content (AvgIpc) is 2.79. The van der Waals surface area contributed by atoms with Gasteiger partial charge in [0.05, 0.1) is 29.5 Å². The maximum absolute atomic E-state index is 12.3. The molecule has 0 fully saturated rings. The van der Waals surface area contributed by atoms with Gasteiger partial charge in [-0.05, 0) is 63.2 Å². The number of aromatic nitrogens is 2. The van der Waals surface area contributed by atoms with Gasteiger partial charge in [0.1, 0.15) is 18.0 Å². The number of amides is 1. The van der Waals surface area contributed by atoms with Crippen LogP contribution in [0.1, 0.15) is 41.5 Å². The zero-order chi connectivity index (χ0) is 26.7. The molecule has 36 heavy (non-hydrogen) atoms. The van der Waals surface area contributed by atoms with Crippen molar-refractivity contribution in [1.29, 1.82) is 0 Å². The van der Waals surface area contributed by atoms with E-state index in [9.17, 15) is 4.79 Å². The molecular formula is C28H39N3O4Si. The summed E-state index contributed by atoms with van der Waals surface area (Å²) in [7, 11) is -0.0861. The van der Waals surface area contributed by atoms with E-state index < -0.39 is 20.0 Å². The normalized spacial score (nSPS) is 12.5. The summed E-state index contributed by atoms with van der Waals surface area (Å²) in [4.78, 5) is 23.2. The Kier molecular flexibility index (Phi) is 8.10. The Morgan fingerprint density at radius 3 is 2.22 bits per heavy atom. The van der Waals surface area contributed by atoms with Crippen LogP contribution in [0.3, 0.4) is 0 Å². The zero-order valence-electron chi connectivity index (χ0n) is 23.0. The van der Waals surface area contributed by atoms with Gasteiger partial charge in [-0.25, -0.2) is 9.78 Å². The maximum Gasteiger partial charge on any atom is 0.414 e. The minimum absolute atomic E-state index is 0.178. The summed E-state index contributed by atoms with van der Waals surface area (Å²) < 4.78 is 17.5. The van der Waals surface area contributed by atoms with E-state index in [-0.39, 0.29) is 5.04 Å². The number of carbonyl (C=O) groups is 1. The quantitative estimate of drug-likeness (QED) is 0.250. The second-order valence-corrected chi connectivity index (χ2v) is 16.3. The van der Waals surface area contributed by atoms with Gasteiger partial charge in [-0.3, -0.25) is 9.88 Å². The number of anilines is 1. The first-order valence-electron chi connectivity index (χ1n) is 12.3. The zero-order valence-corrected chi connectivity index (χ0v) is 24.0. The van der Waals surface area contributed by atoms with Crippen LogP contribution in [0, 0.1) is 0 Å². The minimum Gasteiger partial charge on any atom is -0.491 e. The van der Waals surface area contributed by atoms with Crippen LogP contribution in [0.2, 0.25) is 18.1 Å². The lowest BCUT2D eigenvalue weighted by Crippen LogP contribution is -2.41. The third kappa shape index (κ3) is 7.04. The molecule has 2 aromatic carbocycles. The Morgan fingerprint density at radius 2 is 1.61 bits per heavy atom. The van der Waals surface area contributed by atoms with Gasteiger partial charge in [0.25, 0.3) is 0 Å². The van der Waals surface area contributed by atoms with Crippen LogP contribution in [0.15, 0.2) is 48.7 Å². The van der Waals surface area contributed by atoms with E-state index in [2.05, 4.69) is 38.8 Å². The molecule has 0 bridgehead atoms. The van der Waals surface area contributed by atoms with Gasteiger partial charge >= 0.3 is 6.09 Å². The molecule has 3 aromatic rings. The van der Waals surface area contributed by atoms with Crippen LogP contribution < -0.4 is 9.64 Å². The van der Waals surface area contributed by atoms with E-state index in [0.29, 0.717) is 13.2 Å². The van der Waals surface area contributed by atoms with Crippen molar-refractivity contribution >= 4 is 31.1 Å². The van der Waals surface area contributed by atoms with Gasteiger partial charge in [0.15, 0.2) is 8.32 Å². The fourth-order valence-electron chi connectivity index (χ4n) is 3.18. The van der Waals surface area contributed by atoms with Crippen LogP contribution in [0.25, 0.3) is 22.3 Å². The van der Waals surface area contributed by atoms with Crippen molar-refractivity contribution < 1.29 is 18.7 Å². The van der Waals surface area contributed by atoms with E-state index in [4.69, 9.17) is 18.9 Å². The summed E-state index contributed by atoms with van der Waals surface area (Å²) in [6.45, 7) is 17.8. The highest BCUT2D eigenvalue weighted by atomic mass is 28.4. The molecule has 0 saturated carbocycles. The lowest BCUT2D eigenvalue weighted by Gasteiger charge is -2.36. The standard InChI is InChI=1S/C28H39N3O4Si/c1-27(2,3)35-26(32)31(7)21-12-10-20(11-13-21)25-19-29-24-18-22(14-15-23(24)30-25)33-16-17-34-36(8,9)28(4,5)6/h10-15,18-19H,16-17H2,1-9H3. The number of hydrogen-bond donors (Lipinski definition) is 0.